The lowest BCUT2D eigenvalue weighted by atomic mass is 9.86. The van der Waals surface area contributed by atoms with Gasteiger partial charge in [0.05, 0.1) is 0 Å². The van der Waals surface area contributed by atoms with Crippen LogP contribution < -0.4 is 10.6 Å². The smallest absolute Gasteiger partial charge is 0.360 e. The summed E-state index contributed by atoms with van der Waals surface area (Å²) in [7, 11) is 0. The molecule has 0 aromatic heterocycles. The maximum Gasteiger partial charge on any atom is 0.405 e. The maximum absolute atomic E-state index is 13.0. The van der Waals surface area contributed by atoms with Crippen molar-refractivity contribution in [3.63, 3.8) is 0 Å². The van der Waals surface area contributed by atoms with Crippen LogP contribution in [0.3, 0.4) is 0 Å². The summed E-state index contributed by atoms with van der Waals surface area (Å²) in [5, 5.41) is 0. The first-order valence-corrected chi connectivity index (χ1v) is 8.26. The molecule has 0 spiro atoms. The predicted octanol–water partition coefficient (Wildman–Crippen LogP) is 4.62. The van der Waals surface area contributed by atoms with Crippen molar-refractivity contribution in [3.8, 4) is 0 Å². The van der Waals surface area contributed by atoms with Gasteiger partial charge in [0.15, 0.2) is 0 Å². The van der Waals surface area contributed by atoms with Crippen LogP contribution in [0.4, 0.5) is 18.9 Å². The molecule has 1 fully saturated rings. The molecule has 0 radical (unpaired) electrons. The average molecular weight is 328 g/mol. The Labute approximate surface area is 136 Å². The monoisotopic (exact) mass is 328 g/mol. The third-order valence-corrected chi connectivity index (χ3v) is 4.60. The van der Waals surface area contributed by atoms with Crippen LogP contribution in [0, 0.1) is 0 Å². The zero-order valence-electron chi connectivity index (χ0n) is 14.2. The van der Waals surface area contributed by atoms with Gasteiger partial charge < -0.3 is 10.6 Å². The van der Waals surface area contributed by atoms with Crippen LogP contribution in [0.15, 0.2) is 24.3 Å². The van der Waals surface area contributed by atoms with Crippen LogP contribution >= 0.6 is 0 Å². The molecular weight excluding hydrogens is 301 g/mol. The van der Waals surface area contributed by atoms with E-state index in [1.807, 2.05) is 24.3 Å². The quantitative estimate of drug-likeness (QED) is 0.877. The first-order valence-electron chi connectivity index (χ1n) is 8.26. The molecule has 0 saturated heterocycles. The van der Waals surface area contributed by atoms with Crippen molar-refractivity contribution in [1.82, 2.24) is 0 Å². The fourth-order valence-corrected chi connectivity index (χ4v) is 3.19. The summed E-state index contributed by atoms with van der Waals surface area (Å²) in [6, 6.07) is 7.56. The molecular formula is C18H27F3N2. The second kappa shape index (κ2) is 6.71. The molecule has 0 bridgehead atoms. The van der Waals surface area contributed by atoms with E-state index in [1.54, 1.807) is 0 Å². The molecule has 1 aliphatic rings. The first kappa shape index (κ1) is 18.1. The van der Waals surface area contributed by atoms with Gasteiger partial charge in [-0.1, -0.05) is 32.9 Å². The van der Waals surface area contributed by atoms with Crippen molar-refractivity contribution in [3.05, 3.63) is 29.8 Å². The van der Waals surface area contributed by atoms with E-state index in [-0.39, 0.29) is 17.5 Å². The molecule has 1 aromatic carbocycles. The van der Waals surface area contributed by atoms with Crippen molar-refractivity contribution in [1.29, 1.82) is 0 Å². The van der Waals surface area contributed by atoms with Gasteiger partial charge in [0.1, 0.15) is 6.54 Å². The van der Waals surface area contributed by atoms with E-state index >= 15 is 0 Å². The van der Waals surface area contributed by atoms with Crippen LogP contribution in [0.2, 0.25) is 0 Å². The van der Waals surface area contributed by atoms with Crippen molar-refractivity contribution < 1.29 is 13.2 Å². The Morgan fingerprint density at radius 2 is 1.52 bits per heavy atom. The Bertz CT molecular complexity index is 494. The van der Waals surface area contributed by atoms with Gasteiger partial charge in [-0.05, 0) is 48.8 Å². The molecule has 2 N–H and O–H groups in total. The molecule has 1 aliphatic carbocycles. The number of anilines is 1. The molecule has 0 heterocycles. The van der Waals surface area contributed by atoms with E-state index in [4.69, 9.17) is 5.73 Å². The van der Waals surface area contributed by atoms with E-state index in [0.717, 1.165) is 31.2 Å². The van der Waals surface area contributed by atoms with Crippen LogP contribution in [-0.2, 0) is 5.41 Å². The van der Waals surface area contributed by atoms with Gasteiger partial charge in [0.2, 0.25) is 0 Å². The van der Waals surface area contributed by atoms with Gasteiger partial charge in [-0.3, -0.25) is 0 Å². The van der Waals surface area contributed by atoms with Crippen molar-refractivity contribution in [2.24, 2.45) is 5.73 Å². The van der Waals surface area contributed by atoms with Gasteiger partial charge in [-0.25, -0.2) is 0 Å². The predicted molar refractivity (Wildman–Crippen MR) is 88.8 cm³/mol. The SMILES string of the molecule is CC(C)(C)c1ccc(N(CC(F)(F)F)C2CCC(N)CC2)cc1. The largest absolute Gasteiger partial charge is 0.405 e. The molecule has 1 saturated carbocycles. The molecule has 0 unspecified atom stereocenters. The average Bonchev–Trinajstić information content (AvgIpc) is 2.44. The summed E-state index contributed by atoms with van der Waals surface area (Å²) >= 11 is 0. The summed E-state index contributed by atoms with van der Waals surface area (Å²) < 4.78 is 39.1. The van der Waals surface area contributed by atoms with Gasteiger partial charge >= 0.3 is 6.18 Å². The Morgan fingerprint density at radius 3 is 1.96 bits per heavy atom. The highest BCUT2D eigenvalue weighted by Crippen LogP contribution is 2.32. The van der Waals surface area contributed by atoms with E-state index in [1.165, 1.54) is 4.90 Å². The lowest BCUT2D eigenvalue weighted by Crippen LogP contribution is -2.45. The minimum absolute atomic E-state index is 0.00893. The molecule has 2 rings (SSSR count). The molecule has 5 heteroatoms. The Kier molecular flexibility index (Phi) is 5.29. The number of rotatable bonds is 3. The van der Waals surface area contributed by atoms with Crippen LogP contribution in [0.1, 0.15) is 52.0 Å². The number of nitrogens with two attached hydrogens (primary N) is 1. The van der Waals surface area contributed by atoms with E-state index in [0.29, 0.717) is 5.69 Å². The van der Waals surface area contributed by atoms with Crippen LogP contribution in [0.5, 0.6) is 0 Å². The van der Waals surface area contributed by atoms with E-state index < -0.39 is 12.7 Å². The number of halogens is 3. The number of hydrogen-bond donors (Lipinski definition) is 1. The lowest BCUT2D eigenvalue weighted by molar-refractivity contribution is -0.121. The summed E-state index contributed by atoms with van der Waals surface area (Å²) in [4.78, 5) is 1.51. The summed E-state index contributed by atoms with van der Waals surface area (Å²) in [6.45, 7) is 5.38. The van der Waals surface area contributed by atoms with E-state index in [9.17, 15) is 13.2 Å². The van der Waals surface area contributed by atoms with Gasteiger partial charge in [-0.2, -0.15) is 13.2 Å². The minimum atomic E-state index is -4.21. The van der Waals surface area contributed by atoms with Crippen molar-refractivity contribution in [2.45, 2.75) is 70.1 Å². The topological polar surface area (TPSA) is 29.3 Å². The standard InChI is InChI=1S/C18H27F3N2/c1-17(2,3)13-4-8-15(9-5-13)23(12-18(19,20)21)16-10-6-14(22)7-11-16/h4-5,8-9,14,16H,6-7,10-12,22H2,1-3H3. The van der Waals surface area contributed by atoms with Crippen LogP contribution in [0.25, 0.3) is 0 Å². The highest BCUT2D eigenvalue weighted by atomic mass is 19.4. The van der Waals surface area contributed by atoms with Gasteiger partial charge in [0.25, 0.3) is 0 Å². The first-order chi connectivity index (χ1) is 10.6. The third-order valence-electron chi connectivity index (χ3n) is 4.60. The fourth-order valence-electron chi connectivity index (χ4n) is 3.19. The molecule has 130 valence electrons. The number of benzene rings is 1. The Balaban J connectivity index is 2.23. The van der Waals surface area contributed by atoms with Crippen molar-refractivity contribution in [2.75, 3.05) is 11.4 Å². The van der Waals surface area contributed by atoms with Gasteiger partial charge in [-0.15, -0.1) is 0 Å². The fraction of sp³-hybridized carbons (Fsp3) is 0.667. The molecule has 1 aromatic rings. The zero-order valence-corrected chi connectivity index (χ0v) is 14.2. The Hall–Kier alpha value is -1.23. The number of alkyl halides is 3. The highest BCUT2D eigenvalue weighted by molar-refractivity contribution is 5.50. The number of hydrogen-bond acceptors (Lipinski definition) is 2. The van der Waals surface area contributed by atoms with Gasteiger partial charge in [0, 0.05) is 17.8 Å². The maximum atomic E-state index is 13.0. The molecule has 0 atom stereocenters. The summed E-state index contributed by atoms with van der Waals surface area (Å²) in [5.41, 5.74) is 7.65. The highest BCUT2D eigenvalue weighted by Gasteiger charge is 2.35. The minimum Gasteiger partial charge on any atom is -0.360 e. The molecule has 0 amide bonds. The molecule has 23 heavy (non-hydrogen) atoms. The van der Waals surface area contributed by atoms with E-state index in [2.05, 4.69) is 20.8 Å². The third kappa shape index (κ3) is 5.13. The zero-order chi connectivity index (χ0) is 17.3. The Morgan fingerprint density at radius 1 is 1.00 bits per heavy atom. The molecule has 0 aliphatic heterocycles. The number of nitrogens with zero attached hydrogens (tertiary/aromatic N) is 1. The normalized spacial score (nSPS) is 22.9. The second-order valence-corrected chi connectivity index (χ2v) is 7.61. The molecule has 2 nitrogen and oxygen atoms in total. The van der Waals surface area contributed by atoms with Crippen molar-refractivity contribution >= 4 is 5.69 Å². The lowest BCUT2D eigenvalue weighted by Gasteiger charge is -2.38. The summed E-state index contributed by atoms with van der Waals surface area (Å²) in [5.74, 6) is 0. The summed E-state index contributed by atoms with van der Waals surface area (Å²) in [6.07, 6.45) is -1.18. The second-order valence-electron chi connectivity index (χ2n) is 7.61. The van der Waals surface area contributed by atoms with Crippen LogP contribution in [-0.4, -0.2) is 24.8 Å².